The van der Waals surface area contributed by atoms with E-state index in [-0.39, 0.29) is 75.5 Å². The number of nitrogens with one attached hydrogen (secondary N) is 3. The average Bonchev–Trinajstić information content (AvgIpc) is 1.64. The van der Waals surface area contributed by atoms with Gasteiger partial charge in [0.2, 0.25) is 64.9 Å². The number of phenolic OH excluding ortho intramolecular Hbond substituents is 1. The molecule has 7 aromatic rings. The van der Waals surface area contributed by atoms with Crippen molar-refractivity contribution >= 4 is 103 Å². The second-order valence-electron chi connectivity index (χ2n) is 28.5. The number of carbonyl (C=O) groups excluding carboxylic acids is 1. The number of hydrogen-bond donors (Lipinski definition) is 20. The Labute approximate surface area is 685 Å². The van der Waals surface area contributed by atoms with Crippen LogP contribution in [0.5, 0.6) is 5.75 Å². The molecule has 0 saturated carbocycles. The van der Waals surface area contributed by atoms with Gasteiger partial charge >= 0.3 is 5.97 Å². The number of carboxylic acid groups (broad SMARTS) is 1. The molecule has 2 heterocycles. The number of nitrogens with two attached hydrogens (primary N) is 2. The molecule has 1 aliphatic rings. The van der Waals surface area contributed by atoms with Gasteiger partial charge in [-0.25, -0.2) is 54.7 Å². The minimum Gasteiger partial charge on any atom is -0.508 e. The number of aliphatic hydroxyl groups is 13. The minimum atomic E-state index is -1.94. The number of unbranched alkanes of at least 4 members (excludes halogenated alkanes) is 1. The van der Waals surface area contributed by atoms with Crippen LogP contribution in [0.25, 0.3) is 10.9 Å². The third kappa shape index (κ3) is 28.9. The van der Waals surface area contributed by atoms with Gasteiger partial charge in [0, 0.05) is 73.3 Å². The van der Waals surface area contributed by atoms with Crippen molar-refractivity contribution in [2.75, 3.05) is 24.7 Å². The number of carbonyl (C=O) groups is 2. The maximum absolute atomic E-state index is 14.1. The zero-order valence-electron chi connectivity index (χ0n) is 65.2. The van der Waals surface area contributed by atoms with Crippen molar-refractivity contribution in [1.29, 1.82) is 0 Å². The highest BCUT2D eigenvalue weighted by atomic mass is 33.1. The molecule has 22 N–H and O–H groups in total. The molecular formula is C83H105N15O17S2. The standard InChI is InChI=1S/C83H105N15O17S2/c1-47(2)86-42-55-29-27-54(28-30-55)40-64-77(108)97-70(48(3)100)81(112)93-65(39-52-22-12-7-13-23-52)78(109)98-71(49(4)101)82(113)94-67(44-99)79(110)96-69(83(114)115)46-117-116-45-68(95-72(103)59(85)36-53-31-33-57(102)34-32-53)80(111)88-61(26-16-17-35-84)73(104)89-62(37-50-18-8-5-9-19-50)74(105)90-63(38-51-20-10-6-11-21-51)75(106)92-66(76(107)91-64)41-56-43-87-60-25-15-14-24-58(56)60/h5-15,18-25,27-34,43,47-49,59,61-71,86-87,99-102H,16-17,26,35-42,44-46,84-85H2,1-4H3,(H,88,111)(H,89,104)(H,90,105)(H,91,107)(H,92,106)(H,93,112)(H,94,113)(H,95,103)(H,96,110)(H,97,108)(H,98,109)(H,114,115)/t48-,49?,59-,61+,62?,63+,64?,65-,66+,67-,68-,69-,70+,71+/m1/s1. The van der Waals surface area contributed by atoms with Gasteiger partial charge in [-0.3, -0.25) is 4.79 Å². The maximum atomic E-state index is 14.1. The van der Waals surface area contributed by atoms with Crippen molar-refractivity contribution in [3.8, 4) is 5.75 Å². The van der Waals surface area contributed by atoms with Gasteiger partial charge in [0.05, 0.1) is 24.9 Å². The van der Waals surface area contributed by atoms with Gasteiger partial charge in [-0.05, 0) is 103 Å². The first-order valence-electron chi connectivity index (χ1n) is 38.2. The van der Waals surface area contributed by atoms with Crippen LogP contribution < -0.4 is 22.1 Å². The zero-order chi connectivity index (χ0) is 84.7. The second-order valence-corrected chi connectivity index (χ2v) is 31.0. The number of carboxylic acids is 1. The van der Waals surface area contributed by atoms with Gasteiger partial charge in [0.1, 0.15) is 48.0 Å². The van der Waals surface area contributed by atoms with E-state index in [0.717, 1.165) is 34.1 Å². The summed E-state index contributed by atoms with van der Waals surface area (Å²) in [6, 6.07) is 26.7. The number of aromatic hydroxyl groups is 1. The number of amides is 1. The molecule has 117 heavy (non-hydrogen) atoms. The fourth-order valence-electron chi connectivity index (χ4n) is 12.2. The van der Waals surface area contributed by atoms with Crippen LogP contribution in [0.15, 0.2) is 220 Å². The molecule has 8 rings (SSSR count). The summed E-state index contributed by atoms with van der Waals surface area (Å²) in [6.07, 6.45) is -2.23. The summed E-state index contributed by atoms with van der Waals surface area (Å²) in [7, 11) is 1.72. The van der Waals surface area contributed by atoms with Crippen LogP contribution >= 0.6 is 21.6 Å². The van der Waals surface area contributed by atoms with Crippen LogP contribution in [0.3, 0.4) is 0 Å². The number of aliphatic imine (C=N–C) groups is 10. The van der Waals surface area contributed by atoms with E-state index in [1.165, 1.54) is 19.1 Å². The summed E-state index contributed by atoms with van der Waals surface area (Å²) in [5, 5.41) is 183. The topological polar surface area (TPSA) is 553 Å². The lowest BCUT2D eigenvalue weighted by Gasteiger charge is -2.22. The molecule has 3 unspecified atom stereocenters. The van der Waals surface area contributed by atoms with Crippen molar-refractivity contribution in [2.24, 2.45) is 61.4 Å². The Morgan fingerprint density at radius 1 is 0.462 bits per heavy atom. The van der Waals surface area contributed by atoms with E-state index in [1.807, 2.05) is 44.2 Å². The van der Waals surface area contributed by atoms with Gasteiger partial charge in [0.15, 0.2) is 24.2 Å². The molecular weight excluding hydrogens is 1540 g/mol. The van der Waals surface area contributed by atoms with Gasteiger partial charge in [-0.2, -0.15) is 0 Å². The van der Waals surface area contributed by atoms with Crippen LogP contribution in [-0.2, 0) is 54.7 Å². The highest BCUT2D eigenvalue weighted by Crippen LogP contribution is 2.27. The number of para-hydroxylation sites is 1. The molecule has 0 aliphatic carbocycles. The highest BCUT2D eigenvalue weighted by molar-refractivity contribution is 8.76. The Morgan fingerprint density at radius 2 is 0.863 bits per heavy atom. The summed E-state index contributed by atoms with van der Waals surface area (Å²) in [5.41, 5.74) is 17.3. The first kappa shape index (κ1) is 91.3. The number of aromatic nitrogens is 1. The van der Waals surface area contributed by atoms with E-state index in [9.17, 15) is 86.2 Å². The number of fused-ring (bicyclic) bond motifs is 1. The van der Waals surface area contributed by atoms with E-state index in [0.29, 0.717) is 57.2 Å². The lowest BCUT2D eigenvalue weighted by Crippen LogP contribution is -2.50. The van der Waals surface area contributed by atoms with E-state index in [1.54, 1.807) is 128 Å². The largest absolute Gasteiger partial charge is 0.508 e. The van der Waals surface area contributed by atoms with Crippen molar-refractivity contribution in [1.82, 2.24) is 15.6 Å². The number of aliphatic hydroxyl groups excluding tert-OH is 13. The number of aliphatic carboxylic acids is 1. The van der Waals surface area contributed by atoms with Crippen LogP contribution in [0, 0.1) is 0 Å². The Hall–Kier alpha value is -11.2. The molecule has 0 saturated heterocycles. The SMILES string of the molecule is CC(C)NCc1ccc(CC2N=C(O)[C@H](Cc3c[nH]c4ccccc34)N=C(O)[C@H](Cc3ccccc3)N=C(O)C(Cc3ccccc3)N=C(O)[C@H](CCCCN)N=C(O)[C@H](NC(=O)[C@H](N)Cc3ccc(O)cc3)CSSC[C@H](C(=O)O)N=C(O)[C@@H](CO)N=C(O)[C@H](C(C)O)N=C(O)[C@@H](Cc3ccccc3)N=C(O)[C@H]([C@@H](C)O)N=C2O)cc1. The predicted molar refractivity (Wildman–Crippen MR) is 461 cm³/mol. The molecule has 1 amide bonds. The first-order chi connectivity index (χ1) is 56.1. The number of hydrogen-bond acceptors (Lipinski definition) is 21. The van der Waals surface area contributed by atoms with Crippen LogP contribution in [-0.4, -0.2) is 268 Å². The Bertz CT molecular complexity index is 4650. The summed E-state index contributed by atoms with van der Waals surface area (Å²) >= 11 is 0. The summed E-state index contributed by atoms with van der Waals surface area (Å²) in [6.45, 7) is 5.92. The third-order valence-corrected chi connectivity index (χ3v) is 21.1. The summed E-state index contributed by atoms with van der Waals surface area (Å²) in [4.78, 5) is 74.4. The van der Waals surface area contributed by atoms with Crippen molar-refractivity contribution < 1.29 is 86.2 Å². The fourth-order valence-corrected chi connectivity index (χ4v) is 14.5. The molecule has 0 fully saturated rings. The highest BCUT2D eigenvalue weighted by Gasteiger charge is 2.34. The quantitative estimate of drug-likeness (QED) is 0.0188. The molecule has 626 valence electrons. The minimum absolute atomic E-state index is 0.0383. The first-order valence-corrected chi connectivity index (χ1v) is 40.7. The molecule has 0 spiro atoms. The van der Waals surface area contributed by atoms with E-state index in [4.69, 9.17) is 26.4 Å². The monoisotopic (exact) mass is 1650 g/mol. The molecule has 34 heteroatoms. The number of phenols is 1. The van der Waals surface area contributed by atoms with Gasteiger partial charge < -0.3 is 104 Å². The third-order valence-electron chi connectivity index (χ3n) is 18.7. The molecule has 1 aromatic heterocycles. The Kier molecular flexibility index (Phi) is 35.8. The number of H-pyrrole nitrogens is 1. The van der Waals surface area contributed by atoms with Crippen LogP contribution in [0.1, 0.15) is 85.9 Å². The Morgan fingerprint density at radius 3 is 1.33 bits per heavy atom. The van der Waals surface area contributed by atoms with Crippen molar-refractivity contribution in [2.45, 2.75) is 183 Å². The van der Waals surface area contributed by atoms with Gasteiger partial charge in [-0.1, -0.05) is 181 Å². The van der Waals surface area contributed by atoms with Gasteiger partial charge in [-0.15, -0.1) is 0 Å². The molecule has 1 aliphatic heterocycles. The lowest BCUT2D eigenvalue weighted by atomic mass is 10.0. The van der Waals surface area contributed by atoms with E-state index < -0.39 is 168 Å². The van der Waals surface area contributed by atoms with Gasteiger partial charge in [0.25, 0.3) is 0 Å². The summed E-state index contributed by atoms with van der Waals surface area (Å²) in [5.74, 6) is -12.2. The van der Waals surface area contributed by atoms with E-state index in [2.05, 4.69) is 50.6 Å². The van der Waals surface area contributed by atoms with Crippen molar-refractivity contribution in [3.05, 3.63) is 209 Å². The second kappa shape index (κ2) is 45.9. The normalized spacial score (nSPS) is 22.7. The van der Waals surface area contributed by atoms with E-state index >= 15 is 0 Å². The smallest absolute Gasteiger partial charge is 0.329 e. The number of rotatable bonds is 25. The Balaban J connectivity index is 1.36. The lowest BCUT2D eigenvalue weighted by molar-refractivity contribution is -0.137. The molecule has 0 bridgehead atoms. The van der Waals surface area contributed by atoms with Crippen LogP contribution in [0.4, 0.5) is 0 Å². The molecule has 0 radical (unpaired) electrons. The molecule has 14 atom stereocenters. The predicted octanol–water partition coefficient (Wildman–Crippen LogP) is 8.55. The number of nitrogens with zero attached hydrogens (tertiary/aromatic N) is 10. The maximum Gasteiger partial charge on any atom is 0.329 e. The average molecular weight is 1650 g/mol. The molecule has 6 aromatic carbocycles. The van der Waals surface area contributed by atoms with Crippen molar-refractivity contribution in [3.63, 3.8) is 0 Å². The molecule has 32 nitrogen and oxygen atoms in total. The number of aromatic amines is 1. The zero-order valence-corrected chi connectivity index (χ0v) is 66.8. The van der Waals surface area contributed by atoms with Crippen LogP contribution in [0.2, 0.25) is 0 Å². The number of benzene rings is 6. The summed E-state index contributed by atoms with van der Waals surface area (Å²) < 4.78 is 0. The fraction of sp³-hybridized carbons (Fsp3) is 0.398.